The molecule has 0 saturated carbocycles. The van der Waals surface area contributed by atoms with Gasteiger partial charge >= 0.3 is 53.6 Å². The van der Waals surface area contributed by atoms with Gasteiger partial charge in [-0.1, -0.05) is 123 Å². The Morgan fingerprint density at radius 3 is 1.22 bits per heavy atom. The number of carbonyl (C=O) groups is 6. The van der Waals surface area contributed by atoms with Crippen molar-refractivity contribution in [3.05, 3.63) is 81.5 Å². The number of amides is 1. The predicted octanol–water partition coefficient (Wildman–Crippen LogP) is 1.12. The monoisotopic (exact) mass is 1430 g/mol. The number of hydrogen-bond acceptors (Lipinski definition) is 25. The number of aliphatic hydroxyl groups excluding tert-OH is 1. The molecule has 3 rings (SSSR count). The smallest absolute Gasteiger partial charge is 0.870 e. The summed E-state index contributed by atoms with van der Waals surface area (Å²) in [5.74, 6) is 16.0. The van der Waals surface area contributed by atoms with E-state index in [1.807, 2.05) is 27.5 Å². The molecule has 1 amide bonds. The van der Waals surface area contributed by atoms with E-state index in [0.717, 1.165) is 79.6 Å². The molecule has 0 aliphatic rings. The van der Waals surface area contributed by atoms with Crippen LogP contribution < -0.4 is 63.5 Å². The van der Waals surface area contributed by atoms with Gasteiger partial charge in [0.2, 0.25) is 11.1 Å². The fourth-order valence-electron chi connectivity index (χ4n) is 3.38. The third kappa shape index (κ3) is 89.7. The number of rotatable bonds is 30. The number of terminal acetylenes is 4. The summed E-state index contributed by atoms with van der Waals surface area (Å²) in [6.07, 6.45) is 37.0. The minimum absolute atomic E-state index is 0. The Morgan fingerprint density at radius 2 is 0.930 bits per heavy atom. The van der Waals surface area contributed by atoms with Crippen molar-refractivity contribution < 1.29 is 100 Å². The van der Waals surface area contributed by atoms with Crippen LogP contribution in [0.5, 0.6) is 0 Å². The molecule has 0 aliphatic heterocycles. The Labute approximate surface area is 575 Å². The van der Waals surface area contributed by atoms with E-state index < -0.39 is 11.3 Å². The average Bonchev–Trinajstić information content (AvgIpc) is 4.57. The van der Waals surface area contributed by atoms with Crippen LogP contribution in [0.25, 0.3) is 0 Å². The van der Waals surface area contributed by atoms with Gasteiger partial charge in [0.25, 0.3) is 0 Å². The summed E-state index contributed by atoms with van der Waals surface area (Å²) in [6, 6.07) is -0.190. The van der Waals surface area contributed by atoms with Crippen molar-refractivity contribution in [3.63, 3.8) is 0 Å². The number of hydrogen-bond donors (Lipinski definition) is 7. The second-order valence-corrected chi connectivity index (χ2v) is 25.0. The number of nitrogens with zero attached hydrogens (tertiary/aromatic N) is 6. The summed E-state index contributed by atoms with van der Waals surface area (Å²) in [4.78, 5) is 75.7. The first kappa shape index (κ1) is 102. The Hall–Kier alpha value is -3.08. The van der Waals surface area contributed by atoms with E-state index in [9.17, 15) is 28.8 Å². The summed E-state index contributed by atoms with van der Waals surface area (Å²) < 4.78 is 18.0. The molecule has 3 heterocycles. The van der Waals surface area contributed by atoms with Crippen molar-refractivity contribution in [2.24, 2.45) is 17.2 Å². The first-order valence-electron chi connectivity index (χ1n) is 24.0. The van der Waals surface area contributed by atoms with E-state index >= 15 is 0 Å². The van der Waals surface area contributed by atoms with Crippen LogP contribution in [0.3, 0.4) is 0 Å². The fourth-order valence-corrected chi connectivity index (χ4v) is 10.9. The second kappa shape index (κ2) is 90.7. The minimum atomic E-state index is -0.513. The number of carbonyl (C=O) groups excluding carboxylic acids is 6. The van der Waals surface area contributed by atoms with Crippen molar-refractivity contribution in [1.29, 1.82) is 0 Å². The van der Waals surface area contributed by atoms with Gasteiger partial charge in [0.05, 0.1) is 29.9 Å². The number of halogens is 3. The van der Waals surface area contributed by atoms with Crippen molar-refractivity contribution in [3.8, 4) is 49.4 Å². The third-order valence-corrected chi connectivity index (χ3v) is 16.8. The van der Waals surface area contributed by atoms with E-state index in [4.69, 9.17) is 85.9 Å². The SMILES string of the molecule is C#CCO.C#CCOC(=O)CCCSSCCN.C#CCOC(=O)CCCSSCCNC(=O)C=C.C#CCOC(=O)n1ccnc1.C=CC(=O)Cl.ClCCl.NCCSSCCN.O.O=C(n1ccnc1)n1ccnc1.[NH3+]CCSSCC[NH3+].[Na+].[OH-]. The molecule has 0 unspecified atom stereocenters. The molecule has 0 aromatic carbocycles. The zero-order chi connectivity index (χ0) is 63.7. The number of nitrogens with two attached hydrogens (primary N) is 3. The molecule has 17 N–H and O–H groups in total. The summed E-state index contributed by atoms with van der Waals surface area (Å²) in [5.41, 5.74) is 23.3. The Kier molecular flexibility index (Phi) is 107. The Balaban J connectivity index is -0.000000115. The van der Waals surface area contributed by atoms with Crippen LogP contribution in [0, 0.1) is 49.4 Å². The molecule has 0 saturated heterocycles. The van der Waals surface area contributed by atoms with Crippen LogP contribution in [0.4, 0.5) is 9.59 Å². The third-order valence-electron chi connectivity index (χ3n) is 6.61. The van der Waals surface area contributed by atoms with Gasteiger partial charge in [-0.05, 0) is 36.6 Å². The summed E-state index contributed by atoms with van der Waals surface area (Å²) in [6.45, 7) is 11.3. The summed E-state index contributed by atoms with van der Waals surface area (Å²) in [7, 11) is 14.2. The average molecular weight is 1430 g/mol. The number of alkyl halides is 2. The molecule has 0 fully saturated rings. The van der Waals surface area contributed by atoms with Crippen molar-refractivity contribution in [2.75, 3.05) is 117 Å². The van der Waals surface area contributed by atoms with Gasteiger partial charge in [-0.2, -0.15) is 0 Å². The summed E-state index contributed by atoms with van der Waals surface area (Å²) >= 11 is 14.2. The van der Waals surface area contributed by atoms with Gasteiger partial charge in [0.15, 0.2) is 19.8 Å². The molecular formula is C50H82Cl3N12NaO12S8+2. The van der Waals surface area contributed by atoms with Crippen molar-refractivity contribution in [1.82, 2.24) is 34.0 Å². The summed E-state index contributed by atoms with van der Waals surface area (Å²) in [5, 5.41) is 10.0. The van der Waals surface area contributed by atoms with E-state index in [-0.39, 0.29) is 96.2 Å². The first-order valence-corrected chi connectivity index (χ1v) is 35.4. The molecule has 0 bridgehead atoms. The van der Waals surface area contributed by atoms with Crippen LogP contribution in [0.2, 0.25) is 0 Å². The number of imidazole rings is 3. The first-order chi connectivity index (χ1) is 40.2. The van der Waals surface area contributed by atoms with Gasteiger partial charge in [0, 0.05) is 111 Å². The van der Waals surface area contributed by atoms with Crippen LogP contribution in [0.15, 0.2) is 81.5 Å². The number of aliphatic hydroxyl groups is 1. The van der Waals surface area contributed by atoms with Gasteiger partial charge in [-0.3, -0.25) is 28.3 Å². The normalized spacial score (nSPS) is 8.62. The van der Waals surface area contributed by atoms with Gasteiger partial charge in [-0.25, -0.2) is 29.1 Å². The maximum atomic E-state index is 11.4. The largest absolute Gasteiger partial charge is 1.00 e. The quantitative estimate of drug-likeness (QED) is 0.00566. The van der Waals surface area contributed by atoms with Crippen molar-refractivity contribution >= 4 is 156 Å². The molecular weight excluding hydrogens is 1350 g/mol. The number of aromatic nitrogens is 6. The van der Waals surface area contributed by atoms with E-state index in [1.165, 1.54) is 62.7 Å². The number of nitrogens with one attached hydrogen (secondary N) is 1. The van der Waals surface area contributed by atoms with Gasteiger partial charge in [-0.15, -0.1) is 48.9 Å². The number of esters is 2. The molecule has 0 atom stereocenters. The van der Waals surface area contributed by atoms with Gasteiger partial charge in [0.1, 0.15) is 25.6 Å². The molecule has 86 heavy (non-hydrogen) atoms. The van der Waals surface area contributed by atoms with Crippen LogP contribution in [0.1, 0.15) is 25.7 Å². The van der Waals surface area contributed by atoms with Crippen molar-refractivity contribution in [2.45, 2.75) is 25.7 Å². The number of ether oxygens (including phenoxy) is 3. The topological polar surface area (TPSA) is 411 Å². The molecule has 0 spiro atoms. The molecule has 36 heteroatoms. The molecule has 3 aromatic rings. The number of allylic oxidation sites excluding steroid dienone is 1. The maximum absolute atomic E-state index is 11.4. The maximum Gasteiger partial charge on any atom is 1.00 e. The van der Waals surface area contributed by atoms with E-state index in [0.29, 0.717) is 25.9 Å². The zero-order valence-electron chi connectivity index (χ0n) is 48.1. The van der Waals surface area contributed by atoms with Crippen LogP contribution >= 0.6 is 121 Å². The van der Waals surface area contributed by atoms with E-state index in [1.54, 1.807) is 89.6 Å². The van der Waals surface area contributed by atoms with Crippen LogP contribution in [-0.4, -0.2) is 197 Å². The van der Waals surface area contributed by atoms with Crippen LogP contribution in [-0.2, 0) is 33.4 Å². The Bertz CT molecular complexity index is 2110. The minimum Gasteiger partial charge on any atom is -0.870 e. The second-order valence-electron chi connectivity index (χ2n) is 13.0. The Morgan fingerprint density at radius 1 is 0.605 bits per heavy atom. The zero-order valence-corrected chi connectivity index (χ0v) is 58.9. The predicted molar refractivity (Wildman–Crippen MR) is 361 cm³/mol. The molecule has 24 nitrogen and oxygen atoms in total. The fraction of sp³-hybridized carbons (Fsp3) is 0.460. The van der Waals surface area contributed by atoms with E-state index in [2.05, 4.69) is 73.8 Å². The standard InChI is InChI=1S/C12H17NO3S2.C9H15NO2S2.C7H6N4O.C7H6N2O2.2C4H12N2S2.C3H3ClO.C3H4O.CH2Cl2.Na.2H2O/c1-3-8-16-12(15)6-5-9-17-18-10-7-13-11(14)4-2;1-2-6-12-9(11)4-3-7-13-14-8-5-10;12-7(10-3-1-8-5-10)11-4-2-9-6-11;1-2-5-11-7(10)9-4-3-8-6-9;2*5-1-3-7-8-4-2-6;1-2-3(4)5;1-2-3-4;2-1-3;;;/h1,4H,2,5-10H2,(H,13,14);1H,3-8,10H2;1-6H;1,3-4,6H,5H2;2*1-6H2;2H,1H2;1,4H,3H2;1H2;;2*1H2/q;;;;;;;;;+1;;/p+1. The number of quaternary nitrogens is 2. The molecule has 482 valence electrons. The molecule has 3 aromatic heterocycles. The molecule has 0 aliphatic carbocycles. The molecule has 0 radical (unpaired) electrons. The van der Waals surface area contributed by atoms with Gasteiger partial charge < -0.3 is 64.3 Å².